The highest BCUT2D eigenvalue weighted by Gasteiger charge is 2.12. The van der Waals surface area contributed by atoms with Gasteiger partial charge in [0, 0.05) is 19.7 Å². The van der Waals surface area contributed by atoms with E-state index in [4.69, 9.17) is 0 Å². The van der Waals surface area contributed by atoms with Crippen molar-refractivity contribution in [2.24, 2.45) is 7.05 Å². The number of aliphatic hydroxyl groups is 1. The minimum Gasteiger partial charge on any atom is -0.387 e. The summed E-state index contributed by atoms with van der Waals surface area (Å²) in [7, 11) is 1.54. The molecule has 1 unspecified atom stereocenters. The zero-order valence-electron chi connectivity index (χ0n) is 12.0. The Balaban J connectivity index is 2.02. The van der Waals surface area contributed by atoms with Gasteiger partial charge in [0.25, 0.3) is 11.5 Å². The Morgan fingerprint density at radius 2 is 1.90 bits per heavy atom. The van der Waals surface area contributed by atoms with Crippen LogP contribution in [-0.2, 0) is 7.05 Å². The predicted molar refractivity (Wildman–Crippen MR) is 80.2 cm³/mol. The highest BCUT2D eigenvalue weighted by Crippen LogP contribution is 2.12. The number of amides is 1. The fourth-order valence-corrected chi connectivity index (χ4v) is 1.98. The molecule has 0 bridgehead atoms. The van der Waals surface area contributed by atoms with Crippen LogP contribution in [0.2, 0.25) is 0 Å². The Hall–Kier alpha value is -2.40. The predicted octanol–water partition coefficient (Wildman–Crippen LogP) is 1.16. The largest absolute Gasteiger partial charge is 0.387 e. The van der Waals surface area contributed by atoms with Gasteiger partial charge in [0.15, 0.2) is 0 Å². The Bertz CT molecular complexity index is 689. The molecule has 0 aliphatic rings. The number of aromatic nitrogens is 1. The lowest BCUT2D eigenvalue weighted by molar-refractivity contribution is 0.0907. The minimum atomic E-state index is -0.782. The number of benzene rings is 1. The van der Waals surface area contributed by atoms with E-state index in [0.717, 1.165) is 11.1 Å². The van der Waals surface area contributed by atoms with Crippen LogP contribution in [0.25, 0.3) is 0 Å². The van der Waals surface area contributed by atoms with Crippen LogP contribution in [0.15, 0.2) is 47.3 Å². The number of hydrogen-bond acceptors (Lipinski definition) is 3. The first kappa shape index (κ1) is 15.0. The molecule has 110 valence electrons. The molecule has 5 nitrogen and oxygen atoms in total. The van der Waals surface area contributed by atoms with Crippen molar-refractivity contribution in [2.75, 3.05) is 6.54 Å². The molecule has 0 saturated heterocycles. The van der Waals surface area contributed by atoms with Gasteiger partial charge in [-0.3, -0.25) is 9.59 Å². The van der Waals surface area contributed by atoms with Gasteiger partial charge in [-0.15, -0.1) is 0 Å². The lowest BCUT2D eigenvalue weighted by atomic mass is 10.1. The molecule has 0 spiro atoms. The van der Waals surface area contributed by atoms with Gasteiger partial charge in [0.1, 0.15) is 5.69 Å². The van der Waals surface area contributed by atoms with E-state index in [9.17, 15) is 14.7 Å². The fourth-order valence-electron chi connectivity index (χ4n) is 1.98. The van der Waals surface area contributed by atoms with Crippen LogP contribution in [-0.4, -0.2) is 22.1 Å². The standard InChI is InChI=1S/C16H18N2O3/c1-11-6-8-12(9-7-11)14(19)10-17-16(21)13-4-3-5-15(20)18(13)2/h3-9,14,19H,10H2,1-2H3,(H,17,21). The molecular weight excluding hydrogens is 268 g/mol. The lowest BCUT2D eigenvalue weighted by Gasteiger charge is -2.13. The Morgan fingerprint density at radius 1 is 1.24 bits per heavy atom. The summed E-state index contributed by atoms with van der Waals surface area (Å²) in [6, 6.07) is 11.9. The summed E-state index contributed by atoms with van der Waals surface area (Å²) in [5.74, 6) is -0.388. The van der Waals surface area contributed by atoms with Crippen molar-refractivity contribution in [3.8, 4) is 0 Å². The average Bonchev–Trinajstić information content (AvgIpc) is 2.48. The fraction of sp³-hybridized carbons (Fsp3) is 0.250. The second-order valence-electron chi connectivity index (χ2n) is 4.94. The molecule has 2 rings (SSSR count). The monoisotopic (exact) mass is 286 g/mol. The van der Waals surface area contributed by atoms with Crippen molar-refractivity contribution in [1.29, 1.82) is 0 Å². The quantitative estimate of drug-likeness (QED) is 0.886. The van der Waals surface area contributed by atoms with Gasteiger partial charge in [0.2, 0.25) is 0 Å². The molecule has 0 saturated carbocycles. The Morgan fingerprint density at radius 3 is 2.57 bits per heavy atom. The number of aryl methyl sites for hydroxylation is 1. The zero-order chi connectivity index (χ0) is 15.4. The molecule has 2 N–H and O–H groups in total. The SMILES string of the molecule is Cc1ccc(C(O)CNC(=O)c2cccc(=O)n2C)cc1. The smallest absolute Gasteiger partial charge is 0.268 e. The van der Waals surface area contributed by atoms with E-state index < -0.39 is 6.10 Å². The Kier molecular flexibility index (Phi) is 4.55. The first-order chi connectivity index (χ1) is 9.99. The third-order valence-corrected chi connectivity index (χ3v) is 3.34. The molecule has 1 heterocycles. The summed E-state index contributed by atoms with van der Waals surface area (Å²) in [5.41, 5.74) is 1.86. The summed E-state index contributed by atoms with van der Waals surface area (Å²) >= 11 is 0. The second kappa shape index (κ2) is 6.37. The summed E-state index contributed by atoms with van der Waals surface area (Å²) in [6.07, 6.45) is -0.782. The topological polar surface area (TPSA) is 71.3 Å². The summed E-state index contributed by atoms with van der Waals surface area (Å²) in [4.78, 5) is 23.5. The van der Waals surface area contributed by atoms with Crippen molar-refractivity contribution < 1.29 is 9.90 Å². The van der Waals surface area contributed by atoms with Crippen molar-refractivity contribution in [3.63, 3.8) is 0 Å². The van der Waals surface area contributed by atoms with Crippen LogP contribution in [0.5, 0.6) is 0 Å². The van der Waals surface area contributed by atoms with E-state index >= 15 is 0 Å². The molecule has 1 aromatic carbocycles. The molecule has 0 aliphatic heterocycles. The number of rotatable bonds is 4. The molecule has 0 radical (unpaired) electrons. The van der Waals surface area contributed by atoms with E-state index in [0.29, 0.717) is 0 Å². The van der Waals surface area contributed by atoms with E-state index in [2.05, 4.69) is 5.32 Å². The molecule has 0 aliphatic carbocycles. The van der Waals surface area contributed by atoms with Crippen molar-refractivity contribution in [1.82, 2.24) is 9.88 Å². The van der Waals surface area contributed by atoms with Gasteiger partial charge in [-0.1, -0.05) is 35.9 Å². The number of aliphatic hydroxyl groups excluding tert-OH is 1. The van der Waals surface area contributed by atoms with Crippen LogP contribution in [0.1, 0.15) is 27.7 Å². The molecule has 1 aromatic heterocycles. The number of carbonyl (C=O) groups is 1. The molecule has 1 amide bonds. The van der Waals surface area contributed by atoms with E-state index in [-0.39, 0.29) is 23.7 Å². The normalized spacial score (nSPS) is 12.0. The van der Waals surface area contributed by atoms with Gasteiger partial charge in [-0.25, -0.2) is 0 Å². The van der Waals surface area contributed by atoms with Crippen molar-refractivity contribution >= 4 is 5.91 Å². The zero-order valence-corrected chi connectivity index (χ0v) is 12.0. The third-order valence-electron chi connectivity index (χ3n) is 3.34. The van der Waals surface area contributed by atoms with Gasteiger partial charge in [-0.05, 0) is 18.6 Å². The van der Waals surface area contributed by atoms with Gasteiger partial charge < -0.3 is 15.0 Å². The maximum atomic E-state index is 12.0. The molecule has 0 fully saturated rings. The number of pyridine rings is 1. The van der Waals surface area contributed by atoms with Gasteiger partial charge in [0.05, 0.1) is 6.10 Å². The van der Waals surface area contributed by atoms with Crippen LogP contribution < -0.4 is 10.9 Å². The second-order valence-corrected chi connectivity index (χ2v) is 4.94. The first-order valence-electron chi connectivity index (χ1n) is 6.68. The van der Waals surface area contributed by atoms with Crippen LogP contribution >= 0.6 is 0 Å². The third kappa shape index (κ3) is 3.58. The summed E-state index contributed by atoms with van der Waals surface area (Å²) < 4.78 is 1.27. The van der Waals surface area contributed by atoms with E-state index in [1.54, 1.807) is 6.07 Å². The first-order valence-corrected chi connectivity index (χ1v) is 6.68. The lowest BCUT2D eigenvalue weighted by Crippen LogP contribution is -2.33. The number of carbonyl (C=O) groups excluding carboxylic acids is 1. The van der Waals surface area contributed by atoms with E-state index in [1.807, 2.05) is 31.2 Å². The molecular formula is C16H18N2O3. The highest BCUT2D eigenvalue weighted by molar-refractivity contribution is 5.92. The average molecular weight is 286 g/mol. The van der Waals surface area contributed by atoms with Crippen LogP contribution in [0.4, 0.5) is 0 Å². The maximum Gasteiger partial charge on any atom is 0.268 e. The Labute approximate surface area is 122 Å². The van der Waals surface area contributed by atoms with E-state index in [1.165, 1.54) is 23.7 Å². The maximum absolute atomic E-state index is 12.0. The number of hydrogen-bond donors (Lipinski definition) is 2. The molecule has 1 atom stereocenters. The molecule has 5 heteroatoms. The summed E-state index contributed by atoms with van der Waals surface area (Å²) in [6.45, 7) is 2.05. The van der Waals surface area contributed by atoms with Crippen LogP contribution in [0.3, 0.4) is 0 Å². The van der Waals surface area contributed by atoms with Gasteiger partial charge in [-0.2, -0.15) is 0 Å². The summed E-state index contributed by atoms with van der Waals surface area (Å²) in [5, 5.41) is 12.7. The molecule has 21 heavy (non-hydrogen) atoms. The van der Waals surface area contributed by atoms with Crippen LogP contribution in [0, 0.1) is 6.92 Å². The van der Waals surface area contributed by atoms with Gasteiger partial charge >= 0.3 is 0 Å². The van der Waals surface area contributed by atoms with Crippen molar-refractivity contribution in [2.45, 2.75) is 13.0 Å². The number of nitrogens with zero attached hydrogens (tertiary/aromatic N) is 1. The number of nitrogens with one attached hydrogen (secondary N) is 1. The molecule has 2 aromatic rings. The minimum absolute atomic E-state index is 0.0883. The van der Waals surface area contributed by atoms with Crippen molar-refractivity contribution in [3.05, 3.63) is 69.6 Å². The highest BCUT2D eigenvalue weighted by atomic mass is 16.3.